The summed E-state index contributed by atoms with van der Waals surface area (Å²) in [5, 5.41) is 0. The molecule has 0 N–H and O–H groups in total. The molecule has 0 unspecified atom stereocenters. The van der Waals surface area contributed by atoms with Gasteiger partial charge < -0.3 is 9.64 Å². The molecule has 0 aromatic heterocycles. The van der Waals surface area contributed by atoms with E-state index >= 15 is 0 Å². The molecule has 3 nitrogen and oxygen atoms in total. The Hall–Kier alpha value is -1.22. The molecule has 0 aliphatic heterocycles. The summed E-state index contributed by atoms with van der Waals surface area (Å²) in [5.74, 6) is 0.926. The predicted octanol–water partition coefficient (Wildman–Crippen LogP) is 2.49. The molecule has 1 aromatic carbocycles. The van der Waals surface area contributed by atoms with Crippen LogP contribution in [0.4, 0.5) is 4.79 Å². The fourth-order valence-electron chi connectivity index (χ4n) is 0.884. The number of rotatable bonds is 2. The molecule has 0 aliphatic carbocycles. The van der Waals surface area contributed by atoms with Crippen molar-refractivity contribution >= 4 is 17.7 Å². The van der Waals surface area contributed by atoms with Crippen LogP contribution in [-0.2, 0) is 5.88 Å². The topological polar surface area (TPSA) is 29.5 Å². The Morgan fingerprint density at radius 1 is 1.50 bits per heavy atom. The second kappa shape index (κ2) is 4.86. The molecule has 0 fully saturated rings. The Kier molecular flexibility index (Phi) is 3.77. The third-order valence-corrected chi connectivity index (χ3v) is 1.93. The number of benzene rings is 1. The highest BCUT2D eigenvalue weighted by Gasteiger charge is 2.06. The lowest BCUT2D eigenvalue weighted by atomic mass is 10.2. The summed E-state index contributed by atoms with van der Waals surface area (Å²) in [6.07, 6.45) is -0.392. The van der Waals surface area contributed by atoms with E-state index in [4.69, 9.17) is 16.3 Å². The van der Waals surface area contributed by atoms with E-state index in [1.54, 1.807) is 32.3 Å². The van der Waals surface area contributed by atoms with Gasteiger partial charge in [-0.3, -0.25) is 0 Å². The van der Waals surface area contributed by atoms with Crippen LogP contribution in [-0.4, -0.2) is 25.1 Å². The van der Waals surface area contributed by atoms with Crippen LogP contribution in [0, 0.1) is 0 Å². The minimum absolute atomic E-state index is 0.392. The van der Waals surface area contributed by atoms with Gasteiger partial charge in [-0.25, -0.2) is 4.79 Å². The van der Waals surface area contributed by atoms with Gasteiger partial charge in [0.2, 0.25) is 0 Å². The van der Waals surface area contributed by atoms with Crippen LogP contribution in [0.2, 0.25) is 0 Å². The highest BCUT2D eigenvalue weighted by Crippen LogP contribution is 2.15. The lowest BCUT2D eigenvalue weighted by molar-refractivity contribution is 0.172. The highest BCUT2D eigenvalue weighted by molar-refractivity contribution is 6.17. The second-order valence-electron chi connectivity index (χ2n) is 3.04. The van der Waals surface area contributed by atoms with E-state index < -0.39 is 6.09 Å². The van der Waals surface area contributed by atoms with Crippen molar-refractivity contribution in [3.8, 4) is 5.75 Å². The minimum atomic E-state index is -0.392. The van der Waals surface area contributed by atoms with E-state index in [0.717, 1.165) is 5.56 Å². The van der Waals surface area contributed by atoms with E-state index in [1.807, 2.05) is 6.07 Å². The average Bonchev–Trinajstić information content (AvgIpc) is 2.18. The number of amides is 1. The molecule has 0 radical (unpaired) electrons. The standard InChI is InChI=1S/C10H12ClNO2/c1-12(2)10(13)14-9-5-3-4-8(6-9)7-11/h3-6H,7H2,1-2H3. The lowest BCUT2D eigenvalue weighted by Crippen LogP contribution is -2.25. The van der Waals surface area contributed by atoms with E-state index in [0.29, 0.717) is 11.6 Å². The van der Waals surface area contributed by atoms with Crippen LogP contribution in [0.3, 0.4) is 0 Å². The van der Waals surface area contributed by atoms with Crippen molar-refractivity contribution < 1.29 is 9.53 Å². The number of nitrogens with zero attached hydrogens (tertiary/aromatic N) is 1. The van der Waals surface area contributed by atoms with Crippen LogP contribution in [0.5, 0.6) is 5.75 Å². The highest BCUT2D eigenvalue weighted by atomic mass is 35.5. The molecule has 4 heteroatoms. The smallest absolute Gasteiger partial charge is 0.410 e. The van der Waals surface area contributed by atoms with Gasteiger partial charge in [0.1, 0.15) is 5.75 Å². The first-order valence-electron chi connectivity index (χ1n) is 4.17. The van der Waals surface area contributed by atoms with Crippen molar-refractivity contribution in [2.75, 3.05) is 14.1 Å². The van der Waals surface area contributed by atoms with Crippen molar-refractivity contribution in [3.05, 3.63) is 29.8 Å². The number of ether oxygens (including phenoxy) is 1. The summed E-state index contributed by atoms with van der Waals surface area (Å²) in [4.78, 5) is 12.6. The van der Waals surface area contributed by atoms with Gasteiger partial charge in [-0.1, -0.05) is 12.1 Å². The summed E-state index contributed by atoms with van der Waals surface area (Å²) in [6.45, 7) is 0. The molecule has 0 spiro atoms. The maximum absolute atomic E-state index is 11.2. The normalized spacial score (nSPS) is 9.64. The Bertz CT molecular complexity index is 326. The van der Waals surface area contributed by atoms with Gasteiger partial charge in [-0.05, 0) is 17.7 Å². The maximum atomic E-state index is 11.2. The largest absolute Gasteiger partial charge is 0.414 e. The lowest BCUT2D eigenvalue weighted by Gasteiger charge is -2.10. The third kappa shape index (κ3) is 2.92. The molecule has 0 atom stereocenters. The summed E-state index contributed by atoms with van der Waals surface area (Å²) >= 11 is 5.65. The van der Waals surface area contributed by atoms with Crippen LogP contribution < -0.4 is 4.74 Å². The Morgan fingerprint density at radius 3 is 2.79 bits per heavy atom. The first kappa shape index (κ1) is 10.9. The molecule has 1 rings (SSSR count). The van der Waals surface area contributed by atoms with Crippen molar-refractivity contribution in [2.24, 2.45) is 0 Å². The summed E-state index contributed by atoms with van der Waals surface area (Å²) < 4.78 is 5.05. The Balaban J connectivity index is 2.72. The summed E-state index contributed by atoms with van der Waals surface area (Å²) in [6, 6.07) is 7.14. The zero-order valence-corrected chi connectivity index (χ0v) is 8.91. The Labute approximate surface area is 88.2 Å². The van der Waals surface area contributed by atoms with Gasteiger partial charge in [0.05, 0.1) is 0 Å². The molecule has 76 valence electrons. The van der Waals surface area contributed by atoms with Gasteiger partial charge in [-0.2, -0.15) is 0 Å². The van der Waals surface area contributed by atoms with Crippen molar-refractivity contribution in [3.63, 3.8) is 0 Å². The zero-order valence-electron chi connectivity index (χ0n) is 8.16. The summed E-state index contributed by atoms with van der Waals surface area (Å²) in [7, 11) is 3.27. The summed E-state index contributed by atoms with van der Waals surface area (Å²) in [5.41, 5.74) is 0.927. The van der Waals surface area contributed by atoms with Gasteiger partial charge in [0.25, 0.3) is 0 Å². The molecule has 1 aromatic rings. The second-order valence-corrected chi connectivity index (χ2v) is 3.31. The molecule has 0 heterocycles. The number of halogens is 1. The fraction of sp³-hybridized carbons (Fsp3) is 0.300. The first-order valence-corrected chi connectivity index (χ1v) is 4.71. The van der Waals surface area contributed by atoms with Crippen molar-refractivity contribution in [1.82, 2.24) is 4.90 Å². The van der Waals surface area contributed by atoms with Crippen LogP contribution in [0.25, 0.3) is 0 Å². The SMILES string of the molecule is CN(C)C(=O)Oc1cccc(CCl)c1. The molecule has 0 aliphatic rings. The molecular weight excluding hydrogens is 202 g/mol. The predicted molar refractivity (Wildman–Crippen MR) is 55.7 cm³/mol. The van der Waals surface area contributed by atoms with E-state index in [9.17, 15) is 4.79 Å². The van der Waals surface area contributed by atoms with Gasteiger partial charge in [0.15, 0.2) is 0 Å². The molecule has 0 saturated heterocycles. The van der Waals surface area contributed by atoms with Gasteiger partial charge >= 0.3 is 6.09 Å². The number of carbonyl (C=O) groups excluding carboxylic acids is 1. The fourth-order valence-corrected chi connectivity index (χ4v) is 1.05. The van der Waals surface area contributed by atoms with Crippen LogP contribution in [0.15, 0.2) is 24.3 Å². The van der Waals surface area contributed by atoms with Crippen molar-refractivity contribution in [1.29, 1.82) is 0 Å². The van der Waals surface area contributed by atoms with E-state index in [2.05, 4.69) is 0 Å². The van der Waals surface area contributed by atoms with E-state index in [-0.39, 0.29) is 0 Å². The number of alkyl halides is 1. The molecule has 0 bridgehead atoms. The molecule has 14 heavy (non-hydrogen) atoms. The molecular formula is C10H12ClNO2. The monoisotopic (exact) mass is 213 g/mol. The van der Waals surface area contributed by atoms with Crippen molar-refractivity contribution in [2.45, 2.75) is 5.88 Å². The van der Waals surface area contributed by atoms with Gasteiger partial charge in [-0.15, -0.1) is 11.6 Å². The quantitative estimate of drug-likeness (QED) is 0.707. The minimum Gasteiger partial charge on any atom is -0.410 e. The van der Waals surface area contributed by atoms with Crippen LogP contribution in [0.1, 0.15) is 5.56 Å². The third-order valence-electron chi connectivity index (χ3n) is 1.62. The maximum Gasteiger partial charge on any atom is 0.414 e. The molecule has 0 saturated carbocycles. The zero-order chi connectivity index (χ0) is 10.6. The van der Waals surface area contributed by atoms with E-state index in [1.165, 1.54) is 4.90 Å². The average molecular weight is 214 g/mol. The molecule has 1 amide bonds. The number of hydrogen-bond acceptors (Lipinski definition) is 2. The van der Waals surface area contributed by atoms with Crippen LogP contribution >= 0.6 is 11.6 Å². The Morgan fingerprint density at radius 2 is 2.21 bits per heavy atom. The number of hydrogen-bond donors (Lipinski definition) is 0. The first-order chi connectivity index (χ1) is 6.63. The van der Waals surface area contributed by atoms with Gasteiger partial charge in [0, 0.05) is 20.0 Å². The number of carbonyl (C=O) groups is 1.